The molecule has 2 aromatic heterocycles. The van der Waals surface area contributed by atoms with Gasteiger partial charge in [-0.2, -0.15) is 0 Å². The number of aryl methyl sites for hydroxylation is 2. The molecule has 1 fully saturated rings. The van der Waals surface area contributed by atoms with E-state index in [1.54, 1.807) is 29.2 Å². The molecule has 0 bridgehead atoms. The Kier molecular flexibility index (Phi) is 6.18. The third-order valence-electron chi connectivity index (χ3n) is 6.05. The van der Waals surface area contributed by atoms with Crippen molar-refractivity contribution in [2.75, 3.05) is 12.8 Å². The summed E-state index contributed by atoms with van der Waals surface area (Å²) in [5.41, 5.74) is 3.57. The summed E-state index contributed by atoms with van der Waals surface area (Å²) in [4.78, 5) is 24.7. The molecule has 1 amide bonds. The van der Waals surface area contributed by atoms with Crippen molar-refractivity contribution in [1.82, 2.24) is 19.4 Å². The predicted molar refractivity (Wildman–Crippen MR) is 131 cm³/mol. The van der Waals surface area contributed by atoms with Gasteiger partial charge in [0, 0.05) is 25.4 Å². The lowest BCUT2D eigenvalue weighted by Gasteiger charge is -2.36. The van der Waals surface area contributed by atoms with Gasteiger partial charge >= 0.3 is 6.09 Å². The van der Waals surface area contributed by atoms with E-state index in [0.717, 1.165) is 47.2 Å². The second-order valence-corrected chi connectivity index (χ2v) is 12.0. The maximum atomic E-state index is 12.9. The van der Waals surface area contributed by atoms with Gasteiger partial charge in [-0.1, -0.05) is 0 Å². The Labute approximate surface area is 200 Å². The molecule has 1 unspecified atom stereocenters. The van der Waals surface area contributed by atoms with Crippen LogP contribution in [0.2, 0.25) is 0 Å². The van der Waals surface area contributed by atoms with E-state index >= 15 is 0 Å². The molecule has 1 saturated heterocycles. The Morgan fingerprint density at radius 1 is 1.12 bits per heavy atom. The fraction of sp³-hybridized carbons (Fsp3) is 0.480. The summed E-state index contributed by atoms with van der Waals surface area (Å²) in [7, 11) is -1.37. The van der Waals surface area contributed by atoms with E-state index < -0.39 is 15.4 Å². The third-order valence-corrected chi connectivity index (χ3v) is 7.18. The van der Waals surface area contributed by atoms with Crippen molar-refractivity contribution in [1.29, 1.82) is 0 Å². The first-order valence-corrected chi connectivity index (χ1v) is 13.4. The number of carbonyl (C=O) groups is 1. The van der Waals surface area contributed by atoms with Crippen LogP contribution < -0.4 is 0 Å². The zero-order valence-corrected chi connectivity index (χ0v) is 21.4. The van der Waals surface area contributed by atoms with Crippen molar-refractivity contribution in [3.63, 3.8) is 0 Å². The normalized spacial score (nSPS) is 17.2. The zero-order valence-electron chi connectivity index (χ0n) is 20.6. The van der Waals surface area contributed by atoms with Gasteiger partial charge in [-0.3, -0.25) is 4.90 Å². The van der Waals surface area contributed by atoms with Crippen LogP contribution in [0.4, 0.5) is 4.79 Å². The maximum Gasteiger partial charge on any atom is 0.410 e. The summed E-state index contributed by atoms with van der Waals surface area (Å²) in [5, 5.41) is 0. The SMILES string of the molecule is Cc1cc(C2CCCCN2C(=O)OC(C)(C)C)nc2c1nc(-c1ccc(S(C)(=O)=O)cc1)n2C. The average Bonchev–Trinajstić information content (AvgIpc) is 3.09. The number of amides is 1. The summed E-state index contributed by atoms with van der Waals surface area (Å²) >= 11 is 0. The van der Waals surface area contributed by atoms with E-state index in [-0.39, 0.29) is 17.0 Å². The monoisotopic (exact) mass is 484 g/mol. The zero-order chi connectivity index (χ0) is 24.8. The smallest absolute Gasteiger partial charge is 0.410 e. The van der Waals surface area contributed by atoms with Crippen LogP contribution in [0.1, 0.15) is 57.3 Å². The van der Waals surface area contributed by atoms with Gasteiger partial charge < -0.3 is 9.30 Å². The van der Waals surface area contributed by atoms with Crippen molar-refractivity contribution in [2.24, 2.45) is 7.05 Å². The topological polar surface area (TPSA) is 94.4 Å². The van der Waals surface area contributed by atoms with Gasteiger partial charge in [-0.05, 0) is 82.9 Å². The Balaban J connectivity index is 1.73. The van der Waals surface area contributed by atoms with Crippen molar-refractivity contribution >= 4 is 27.1 Å². The third kappa shape index (κ3) is 4.80. The maximum absolute atomic E-state index is 12.9. The highest BCUT2D eigenvalue weighted by Gasteiger charge is 2.33. The van der Waals surface area contributed by atoms with Crippen LogP contribution in [0.5, 0.6) is 0 Å². The molecule has 1 aromatic carbocycles. The van der Waals surface area contributed by atoms with Crippen LogP contribution in [-0.2, 0) is 21.6 Å². The Morgan fingerprint density at radius 2 is 1.79 bits per heavy atom. The molecule has 0 aliphatic carbocycles. The van der Waals surface area contributed by atoms with E-state index in [4.69, 9.17) is 14.7 Å². The first kappa shape index (κ1) is 24.2. The van der Waals surface area contributed by atoms with Gasteiger partial charge in [0.25, 0.3) is 0 Å². The molecular weight excluding hydrogens is 452 g/mol. The standard InChI is InChI=1S/C25H32N4O4S/c1-16-15-19(20-9-7-8-14-29(20)24(30)33-25(2,3)4)26-23-21(16)27-22(28(23)5)17-10-12-18(13-11-17)34(6,31)32/h10-13,15,20H,7-9,14H2,1-6H3. The lowest BCUT2D eigenvalue weighted by Crippen LogP contribution is -2.42. The highest BCUT2D eigenvalue weighted by Crippen LogP contribution is 2.34. The highest BCUT2D eigenvalue weighted by molar-refractivity contribution is 7.90. The number of imidazole rings is 1. The van der Waals surface area contributed by atoms with Crippen LogP contribution in [0.25, 0.3) is 22.6 Å². The van der Waals surface area contributed by atoms with Gasteiger partial charge in [-0.15, -0.1) is 0 Å². The number of hydrogen-bond donors (Lipinski definition) is 0. The molecule has 3 aromatic rings. The minimum absolute atomic E-state index is 0.154. The van der Waals surface area contributed by atoms with E-state index in [9.17, 15) is 13.2 Å². The van der Waals surface area contributed by atoms with Crippen molar-refractivity contribution < 1.29 is 17.9 Å². The summed E-state index contributed by atoms with van der Waals surface area (Å²) in [6.45, 7) is 8.26. The Morgan fingerprint density at radius 3 is 2.41 bits per heavy atom. The summed E-state index contributed by atoms with van der Waals surface area (Å²) in [6, 6.07) is 8.57. The summed E-state index contributed by atoms with van der Waals surface area (Å²) in [5.74, 6) is 0.704. The lowest BCUT2D eigenvalue weighted by molar-refractivity contribution is 0.00902. The second kappa shape index (κ2) is 8.69. The van der Waals surface area contributed by atoms with E-state index in [2.05, 4.69) is 0 Å². The molecule has 0 N–H and O–H groups in total. The molecule has 0 radical (unpaired) electrons. The number of benzene rings is 1. The van der Waals surface area contributed by atoms with Crippen molar-refractivity contribution in [2.45, 2.75) is 63.5 Å². The fourth-order valence-corrected chi connectivity index (χ4v) is 5.02. The molecule has 0 saturated carbocycles. The van der Waals surface area contributed by atoms with Crippen molar-refractivity contribution in [3.8, 4) is 11.4 Å². The van der Waals surface area contributed by atoms with Crippen LogP contribution in [-0.4, -0.2) is 52.3 Å². The number of ether oxygens (including phenoxy) is 1. The number of aromatic nitrogens is 3. The number of carbonyl (C=O) groups excluding carboxylic acids is 1. The number of nitrogens with zero attached hydrogens (tertiary/aromatic N) is 4. The number of piperidine rings is 1. The number of fused-ring (bicyclic) bond motifs is 1. The second-order valence-electron chi connectivity index (χ2n) is 10.0. The predicted octanol–water partition coefficient (Wildman–Crippen LogP) is 4.81. The van der Waals surface area contributed by atoms with Crippen LogP contribution in [0.3, 0.4) is 0 Å². The number of sulfone groups is 1. The molecule has 8 nitrogen and oxygen atoms in total. The largest absolute Gasteiger partial charge is 0.444 e. The molecule has 34 heavy (non-hydrogen) atoms. The molecule has 3 heterocycles. The molecule has 1 atom stereocenters. The first-order chi connectivity index (χ1) is 15.8. The first-order valence-electron chi connectivity index (χ1n) is 11.5. The van der Waals surface area contributed by atoms with E-state index in [0.29, 0.717) is 12.4 Å². The van der Waals surface area contributed by atoms with Gasteiger partial charge in [0.05, 0.1) is 16.6 Å². The summed E-state index contributed by atoms with van der Waals surface area (Å²) < 4.78 is 31.2. The number of rotatable bonds is 3. The molecule has 9 heteroatoms. The lowest BCUT2D eigenvalue weighted by atomic mass is 9.98. The Bertz CT molecular complexity index is 1340. The molecule has 4 rings (SSSR count). The Hall–Kier alpha value is -2.94. The van der Waals surface area contributed by atoms with Gasteiger partial charge in [0.15, 0.2) is 15.5 Å². The van der Waals surface area contributed by atoms with E-state index in [1.165, 1.54) is 6.26 Å². The average molecular weight is 485 g/mol. The van der Waals surface area contributed by atoms with Gasteiger partial charge in [-0.25, -0.2) is 23.2 Å². The van der Waals surface area contributed by atoms with Crippen LogP contribution in [0.15, 0.2) is 35.2 Å². The minimum Gasteiger partial charge on any atom is -0.444 e. The number of likely N-dealkylation sites (tertiary alicyclic amines) is 1. The molecule has 1 aliphatic heterocycles. The fourth-order valence-electron chi connectivity index (χ4n) is 4.39. The van der Waals surface area contributed by atoms with Gasteiger partial charge in [0.2, 0.25) is 0 Å². The number of pyridine rings is 1. The molecule has 0 spiro atoms. The molecule has 1 aliphatic rings. The summed E-state index contributed by atoms with van der Waals surface area (Å²) in [6.07, 6.45) is 3.67. The van der Waals surface area contributed by atoms with Crippen molar-refractivity contribution in [3.05, 3.63) is 41.6 Å². The van der Waals surface area contributed by atoms with Crippen LogP contribution >= 0.6 is 0 Å². The quantitative estimate of drug-likeness (QED) is 0.530. The van der Waals surface area contributed by atoms with E-state index in [1.807, 2.05) is 45.4 Å². The van der Waals surface area contributed by atoms with Gasteiger partial charge in [0.1, 0.15) is 16.9 Å². The minimum atomic E-state index is -3.27. The number of hydrogen-bond acceptors (Lipinski definition) is 6. The molecular formula is C25H32N4O4S. The van der Waals surface area contributed by atoms with Crippen LogP contribution in [0, 0.1) is 6.92 Å². The highest BCUT2D eigenvalue weighted by atomic mass is 32.2. The molecule has 182 valence electrons.